The monoisotopic (exact) mass is 455 g/mol. The zero-order valence-corrected chi connectivity index (χ0v) is 19.9. The lowest BCUT2D eigenvalue weighted by Gasteiger charge is -2.19. The van der Waals surface area contributed by atoms with Crippen molar-refractivity contribution in [2.24, 2.45) is 5.16 Å². The third kappa shape index (κ3) is 4.46. The molecule has 1 unspecified atom stereocenters. The fourth-order valence-electron chi connectivity index (χ4n) is 4.39. The summed E-state index contributed by atoms with van der Waals surface area (Å²) in [6.45, 7) is 5.26. The predicted molar refractivity (Wildman–Crippen MR) is 125 cm³/mol. The SMILES string of the molecule is COc1cc(C2=C(c3cc(C)c(OC)c(C)c3)C(OC(C)=O)C/C2=N/O)cc(OC)c1OC. The third-order valence-corrected chi connectivity index (χ3v) is 5.62. The molecule has 8 nitrogen and oxygen atoms in total. The fourth-order valence-corrected chi connectivity index (χ4v) is 4.39. The molecule has 0 saturated carbocycles. The van der Waals surface area contributed by atoms with Crippen LogP contribution in [0.4, 0.5) is 0 Å². The topological polar surface area (TPSA) is 95.8 Å². The number of hydrogen-bond acceptors (Lipinski definition) is 8. The highest BCUT2D eigenvalue weighted by Crippen LogP contribution is 2.46. The van der Waals surface area contributed by atoms with Crippen LogP contribution in [0.3, 0.4) is 0 Å². The molecule has 176 valence electrons. The summed E-state index contributed by atoms with van der Waals surface area (Å²) in [7, 11) is 6.22. The summed E-state index contributed by atoms with van der Waals surface area (Å²) in [6.07, 6.45) is -0.406. The van der Waals surface area contributed by atoms with Crippen LogP contribution < -0.4 is 18.9 Å². The summed E-state index contributed by atoms with van der Waals surface area (Å²) in [6, 6.07) is 7.49. The second-order valence-corrected chi connectivity index (χ2v) is 7.69. The van der Waals surface area contributed by atoms with Crippen LogP contribution in [0, 0.1) is 13.8 Å². The molecular formula is C25H29NO7. The summed E-state index contributed by atoms with van der Waals surface area (Å²) >= 11 is 0. The second kappa shape index (κ2) is 9.85. The molecule has 33 heavy (non-hydrogen) atoms. The lowest BCUT2D eigenvalue weighted by Crippen LogP contribution is -2.16. The van der Waals surface area contributed by atoms with Crippen molar-refractivity contribution < 1.29 is 33.7 Å². The van der Waals surface area contributed by atoms with Gasteiger partial charge in [-0.15, -0.1) is 0 Å². The van der Waals surface area contributed by atoms with Crippen molar-refractivity contribution in [2.45, 2.75) is 33.3 Å². The van der Waals surface area contributed by atoms with Crippen molar-refractivity contribution in [3.05, 3.63) is 46.5 Å². The lowest BCUT2D eigenvalue weighted by atomic mass is 9.92. The van der Waals surface area contributed by atoms with Crippen LogP contribution in [-0.2, 0) is 9.53 Å². The minimum atomic E-state index is -0.630. The smallest absolute Gasteiger partial charge is 0.303 e. The van der Waals surface area contributed by atoms with E-state index in [1.165, 1.54) is 28.3 Å². The minimum absolute atomic E-state index is 0.224. The quantitative estimate of drug-likeness (QED) is 0.375. The normalized spacial score (nSPS) is 16.7. The van der Waals surface area contributed by atoms with Gasteiger partial charge in [0.25, 0.3) is 0 Å². The van der Waals surface area contributed by atoms with Crippen molar-refractivity contribution in [3.63, 3.8) is 0 Å². The minimum Gasteiger partial charge on any atom is -0.496 e. The molecule has 0 spiro atoms. The van der Waals surface area contributed by atoms with E-state index in [1.807, 2.05) is 26.0 Å². The molecule has 0 saturated heterocycles. The van der Waals surface area contributed by atoms with Gasteiger partial charge in [0, 0.05) is 24.5 Å². The molecule has 8 heteroatoms. The highest BCUT2D eigenvalue weighted by Gasteiger charge is 2.36. The molecule has 0 radical (unpaired) electrons. The Labute approximate surface area is 193 Å². The number of oxime groups is 1. The van der Waals surface area contributed by atoms with Crippen LogP contribution in [-0.4, -0.2) is 51.4 Å². The van der Waals surface area contributed by atoms with E-state index in [1.54, 1.807) is 19.2 Å². The van der Waals surface area contributed by atoms with Gasteiger partial charge in [-0.3, -0.25) is 4.79 Å². The van der Waals surface area contributed by atoms with E-state index in [0.717, 1.165) is 28.0 Å². The van der Waals surface area contributed by atoms with E-state index in [2.05, 4.69) is 5.16 Å². The number of carbonyl (C=O) groups is 1. The molecule has 1 N–H and O–H groups in total. The molecule has 0 aromatic heterocycles. The number of nitrogens with zero attached hydrogens (tertiary/aromatic N) is 1. The van der Waals surface area contributed by atoms with E-state index in [0.29, 0.717) is 34.1 Å². The van der Waals surface area contributed by atoms with Crippen LogP contribution >= 0.6 is 0 Å². The average molecular weight is 456 g/mol. The van der Waals surface area contributed by atoms with Crippen LogP contribution in [0.15, 0.2) is 29.4 Å². The largest absolute Gasteiger partial charge is 0.496 e. The average Bonchev–Trinajstić information content (AvgIpc) is 3.15. The van der Waals surface area contributed by atoms with Crippen molar-refractivity contribution >= 4 is 22.8 Å². The number of rotatable bonds is 7. The van der Waals surface area contributed by atoms with Gasteiger partial charge >= 0.3 is 5.97 Å². The first-order valence-electron chi connectivity index (χ1n) is 10.4. The Kier molecular flexibility index (Phi) is 7.16. The first kappa shape index (κ1) is 24.0. The number of methoxy groups -OCH3 is 4. The highest BCUT2D eigenvalue weighted by molar-refractivity contribution is 6.34. The third-order valence-electron chi connectivity index (χ3n) is 5.62. The molecule has 3 rings (SSSR count). The van der Waals surface area contributed by atoms with Crippen molar-refractivity contribution in [1.29, 1.82) is 0 Å². The number of aryl methyl sites for hydroxylation is 2. The van der Waals surface area contributed by atoms with Crippen molar-refractivity contribution in [2.75, 3.05) is 28.4 Å². The van der Waals surface area contributed by atoms with E-state index in [-0.39, 0.29) is 6.42 Å². The van der Waals surface area contributed by atoms with Gasteiger partial charge in [-0.25, -0.2) is 0 Å². The number of carbonyl (C=O) groups excluding carboxylic acids is 1. The van der Waals surface area contributed by atoms with Gasteiger partial charge in [0.2, 0.25) is 5.75 Å². The standard InChI is InChI=1S/C25H29NO7/c1-13-8-16(9-14(2)24(13)31-6)23-19(33-15(3)27)12-18(26-28)22(23)17-10-20(29-4)25(32-7)21(11-17)30-5/h8-11,19,28H,12H2,1-7H3/b26-18-. The molecule has 0 heterocycles. The molecule has 1 aliphatic carbocycles. The molecule has 0 bridgehead atoms. The van der Waals surface area contributed by atoms with Crippen LogP contribution in [0.5, 0.6) is 23.0 Å². The van der Waals surface area contributed by atoms with Gasteiger partial charge < -0.3 is 28.9 Å². The number of allylic oxidation sites excluding steroid dienone is 1. The molecule has 1 aliphatic rings. The van der Waals surface area contributed by atoms with Crippen LogP contribution in [0.1, 0.15) is 35.6 Å². The summed E-state index contributed by atoms with van der Waals surface area (Å²) in [5.74, 6) is 1.71. The summed E-state index contributed by atoms with van der Waals surface area (Å²) in [5.41, 5.74) is 5.11. The van der Waals surface area contributed by atoms with Crippen LogP contribution in [0.25, 0.3) is 11.1 Å². The summed E-state index contributed by atoms with van der Waals surface area (Å²) < 4.78 is 27.6. The van der Waals surface area contributed by atoms with Crippen molar-refractivity contribution in [1.82, 2.24) is 0 Å². The van der Waals surface area contributed by atoms with Gasteiger partial charge in [-0.2, -0.15) is 0 Å². The van der Waals surface area contributed by atoms with Crippen molar-refractivity contribution in [3.8, 4) is 23.0 Å². The zero-order valence-electron chi connectivity index (χ0n) is 19.9. The molecule has 0 aliphatic heterocycles. The Morgan fingerprint density at radius 1 is 0.879 bits per heavy atom. The van der Waals surface area contributed by atoms with Gasteiger partial charge in [-0.1, -0.05) is 5.16 Å². The Hall–Kier alpha value is -3.68. The molecule has 2 aromatic rings. The Bertz CT molecular complexity index is 1090. The van der Waals surface area contributed by atoms with E-state index in [4.69, 9.17) is 23.7 Å². The summed E-state index contributed by atoms with van der Waals surface area (Å²) in [5, 5.41) is 13.4. The highest BCUT2D eigenvalue weighted by atomic mass is 16.5. The molecule has 0 fully saturated rings. The maximum atomic E-state index is 11.9. The maximum Gasteiger partial charge on any atom is 0.303 e. The zero-order chi connectivity index (χ0) is 24.3. The van der Waals surface area contributed by atoms with Gasteiger partial charge in [-0.05, 0) is 60.4 Å². The number of benzene rings is 2. The Balaban J connectivity index is 2.37. The summed E-state index contributed by atoms with van der Waals surface area (Å²) in [4.78, 5) is 11.9. The number of esters is 1. The van der Waals surface area contributed by atoms with Gasteiger partial charge in [0.05, 0.1) is 34.2 Å². The Morgan fingerprint density at radius 3 is 1.85 bits per heavy atom. The predicted octanol–water partition coefficient (Wildman–Crippen LogP) is 4.41. The van der Waals surface area contributed by atoms with Crippen LogP contribution in [0.2, 0.25) is 0 Å². The first-order chi connectivity index (χ1) is 15.8. The Morgan fingerprint density at radius 2 is 1.42 bits per heavy atom. The van der Waals surface area contributed by atoms with E-state index < -0.39 is 12.1 Å². The first-order valence-corrected chi connectivity index (χ1v) is 10.4. The number of ether oxygens (including phenoxy) is 5. The fraction of sp³-hybridized carbons (Fsp3) is 0.360. The second-order valence-electron chi connectivity index (χ2n) is 7.69. The van der Waals surface area contributed by atoms with Gasteiger partial charge in [0.15, 0.2) is 11.5 Å². The van der Waals surface area contributed by atoms with E-state index in [9.17, 15) is 10.0 Å². The number of hydrogen-bond donors (Lipinski definition) is 1. The molecular weight excluding hydrogens is 426 g/mol. The maximum absolute atomic E-state index is 11.9. The van der Waals surface area contributed by atoms with Gasteiger partial charge in [0.1, 0.15) is 11.9 Å². The molecule has 1 atom stereocenters. The molecule has 0 amide bonds. The lowest BCUT2D eigenvalue weighted by molar-refractivity contribution is -0.143. The van der Waals surface area contributed by atoms with E-state index >= 15 is 0 Å². The molecule has 2 aromatic carbocycles.